The molecule has 254 valence electrons. The topological polar surface area (TPSA) is 62.5 Å². The van der Waals surface area contributed by atoms with Crippen molar-refractivity contribution in [2.24, 2.45) is 0 Å². The van der Waals surface area contributed by atoms with Gasteiger partial charge >= 0.3 is 0 Å². The SMILES string of the molecule is CC1(C)c2ccccc2C2(c3ccccc3-c3ccc(-c4ccc(-c5nc(-c6ccccc6)nc(-c6cccc(C#N)c6)n5)cc4)cc32)c2ccccc21. The van der Waals surface area contributed by atoms with Crippen LogP contribution in [0.1, 0.15) is 52.8 Å². The highest BCUT2D eigenvalue weighted by Crippen LogP contribution is 2.62. The van der Waals surface area contributed by atoms with E-state index in [1.165, 1.54) is 44.5 Å². The third-order valence-corrected chi connectivity index (χ3v) is 11.4. The quantitative estimate of drug-likeness (QED) is 0.184. The molecule has 0 unspecified atom stereocenters. The molecule has 0 radical (unpaired) electrons. The first-order chi connectivity index (χ1) is 26.5. The Morgan fingerprint density at radius 2 is 0.870 bits per heavy atom. The zero-order valence-corrected chi connectivity index (χ0v) is 30.0. The summed E-state index contributed by atoms with van der Waals surface area (Å²) in [5.74, 6) is 1.69. The first kappa shape index (κ1) is 31.7. The molecule has 0 saturated heterocycles. The molecule has 0 aliphatic heterocycles. The summed E-state index contributed by atoms with van der Waals surface area (Å²) in [6, 6.07) is 62.2. The summed E-state index contributed by atoms with van der Waals surface area (Å²) in [5.41, 5.74) is 15.5. The average Bonchev–Trinajstić information content (AvgIpc) is 3.53. The average molecular weight is 691 g/mol. The van der Waals surface area contributed by atoms with Crippen molar-refractivity contribution in [1.29, 1.82) is 5.26 Å². The van der Waals surface area contributed by atoms with E-state index in [-0.39, 0.29) is 5.41 Å². The number of hydrogen-bond acceptors (Lipinski definition) is 4. The highest BCUT2D eigenvalue weighted by molar-refractivity contribution is 5.90. The van der Waals surface area contributed by atoms with E-state index in [4.69, 9.17) is 15.0 Å². The second-order valence-electron chi connectivity index (χ2n) is 14.7. The van der Waals surface area contributed by atoms with Gasteiger partial charge in [-0.05, 0) is 73.8 Å². The van der Waals surface area contributed by atoms with Crippen LogP contribution in [-0.4, -0.2) is 15.0 Å². The van der Waals surface area contributed by atoms with Crippen molar-refractivity contribution >= 4 is 0 Å². The van der Waals surface area contributed by atoms with Crippen LogP contribution in [-0.2, 0) is 10.8 Å². The molecule has 54 heavy (non-hydrogen) atoms. The molecule has 2 aliphatic rings. The van der Waals surface area contributed by atoms with E-state index in [0.29, 0.717) is 23.0 Å². The van der Waals surface area contributed by atoms with E-state index in [1.54, 1.807) is 6.07 Å². The summed E-state index contributed by atoms with van der Waals surface area (Å²) in [4.78, 5) is 14.7. The van der Waals surface area contributed by atoms with Crippen LogP contribution in [0, 0.1) is 11.3 Å². The van der Waals surface area contributed by atoms with Crippen molar-refractivity contribution in [3.8, 4) is 62.5 Å². The summed E-state index contributed by atoms with van der Waals surface area (Å²) in [7, 11) is 0. The molecule has 8 aromatic rings. The molecule has 0 atom stereocenters. The highest BCUT2D eigenvalue weighted by atomic mass is 15.0. The minimum atomic E-state index is -0.442. The van der Waals surface area contributed by atoms with Gasteiger partial charge in [-0.1, -0.05) is 166 Å². The fraction of sp³-hybridized carbons (Fsp3) is 0.0800. The lowest BCUT2D eigenvalue weighted by Crippen LogP contribution is -2.40. The molecule has 1 spiro atoms. The lowest BCUT2D eigenvalue weighted by molar-refractivity contribution is 0.563. The number of aromatic nitrogens is 3. The van der Waals surface area contributed by atoms with Gasteiger partial charge in [-0.2, -0.15) is 5.26 Å². The molecule has 0 amide bonds. The molecule has 0 bridgehead atoms. The lowest BCUT2D eigenvalue weighted by Gasteiger charge is -2.46. The van der Waals surface area contributed by atoms with Crippen LogP contribution in [0.5, 0.6) is 0 Å². The molecule has 2 aliphatic carbocycles. The Kier molecular flexibility index (Phi) is 7.08. The van der Waals surface area contributed by atoms with Gasteiger partial charge in [0.05, 0.1) is 17.0 Å². The summed E-state index contributed by atoms with van der Waals surface area (Å²) < 4.78 is 0. The Hall–Kier alpha value is -6.96. The van der Waals surface area contributed by atoms with Crippen LogP contribution in [0.2, 0.25) is 0 Å². The van der Waals surface area contributed by atoms with Crippen molar-refractivity contribution in [2.75, 3.05) is 0 Å². The van der Waals surface area contributed by atoms with E-state index in [0.717, 1.165) is 27.8 Å². The fourth-order valence-corrected chi connectivity index (χ4v) is 8.93. The van der Waals surface area contributed by atoms with Crippen LogP contribution in [0.4, 0.5) is 0 Å². The largest absolute Gasteiger partial charge is 0.208 e. The Balaban J connectivity index is 1.12. The van der Waals surface area contributed by atoms with Gasteiger partial charge in [-0.25, -0.2) is 15.0 Å². The summed E-state index contributed by atoms with van der Waals surface area (Å²) in [5, 5.41) is 9.57. The van der Waals surface area contributed by atoms with Gasteiger partial charge in [-0.15, -0.1) is 0 Å². The van der Waals surface area contributed by atoms with E-state index < -0.39 is 5.41 Å². The van der Waals surface area contributed by atoms with Gasteiger partial charge in [0, 0.05) is 22.1 Å². The summed E-state index contributed by atoms with van der Waals surface area (Å²) in [6.45, 7) is 4.72. The van der Waals surface area contributed by atoms with Crippen LogP contribution >= 0.6 is 0 Å². The van der Waals surface area contributed by atoms with E-state index in [1.807, 2.05) is 48.5 Å². The number of rotatable bonds is 4. The van der Waals surface area contributed by atoms with Gasteiger partial charge in [0.2, 0.25) is 0 Å². The zero-order valence-electron chi connectivity index (χ0n) is 30.0. The Morgan fingerprint density at radius 1 is 0.389 bits per heavy atom. The molecule has 0 saturated carbocycles. The molecule has 0 fully saturated rings. The van der Waals surface area contributed by atoms with Gasteiger partial charge in [0.25, 0.3) is 0 Å². The molecule has 4 heteroatoms. The van der Waals surface area contributed by atoms with E-state index >= 15 is 0 Å². The minimum absolute atomic E-state index is 0.142. The molecule has 1 heterocycles. The van der Waals surface area contributed by atoms with Crippen molar-refractivity contribution in [3.05, 3.63) is 209 Å². The molecular formula is C50H34N4. The Labute approximate surface area is 315 Å². The molecule has 10 rings (SSSR count). The number of hydrogen-bond donors (Lipinski definition) is 0. The van der Waals surface area contributed by atoms with E-state index in [9.17, 15) is 5.26 Å². The maximum absolute atomic E-state index is 9.57. The van der Waals surface area contributed by atoms with Crippen molar-refractivity contribution in [3.63, 3.8) is 0 Å². The third-order valence-electron chi connectivity index (χ3n) is 11.4. The number of nitriles is 1. The maximum atomic E-state index is 9.57. The van der Waals surface area contributed by atoms with Crippen molar-refractivity contribution in [1.82, 2.24) is 15.0 Å². The Bertz CT molecular complexity index is 2760. The normalized spacial score (nSPS) is 14.0. The van der Waals surface area contributed by atoms with Crippen LogP contribution in [0.3, 0.4) is 0 Å². The Morgan fingerprint density at radius 3 is 1.52 bits per heavy atom. The van der Waals surface area contributed by atoms with Gasteiger partial charge in [0.15, 0.2) is 17.5 Å². The van der Waals surface area contributed by atoms with Crippen molar-refractivity contribution < 1.29 is 0 Å². The first-order valence-corrected chi connectivity index (χ1v) is 18.3. The predicted octanol–water partition coefficient (Wildman–Crippen LogP) is 11.4. The monoisotopic (exact) mass is 690 g/mol. The van der Waals surface area contributed by atoms with Crippen LogP contribution in [0.25, 0.3) is 56.4 Å². The molecule has 4 nitrogen and oxygen atoms in total. The summed E-state index contributed by atoms with van der Waals surface area (Å²) >= 11 is 0. The lowest BCUT2D eigenvalue weighted by atomic mass is 9.55. The number of fused-ring (bicyclic) bond motifs is 9. The molecule has 0 N–H and O–H groups in total. The van der Waals surface area contributed by atoms with Gasteiger partial charge < -0.3 is 0 Å². The third kappa shape index (κ3) is 4.65. The zero-order chi connectivity index (χ0) is 36.4. The highest BCUT2D eigenvalue weighted by Gasteiger charge is 2.53. The van der Waals surface area contributed by atoms with E-state index in [2.05, 4.69) is 135 Å². The maximum Gasteiger partial charge on any atom is 0.164 e. The smallest absolute Gasteiger partial charge is 0.164 e. The van der Waals surface area contributed by atoms with Crippen LogP contribution < -0.4 is 0 Å². The predicted molar refractivity (Wildman–Crippen MR) is 216 cm³/mol. The van der Waals surface area contributed by atoms with Gasteiger partial charge in [0.1, 0.15) is 0 Å². The second-order valence-corrected chi connectivity index (χ2v) is 14.7. The first-order valence-electron chi connectivity index (χ1n) is 18.3. The molecule has 1 aromatic heterocycles. The molecular weight excluding hydrogens is 657 g/mol. The number of benzene rings is 7. The minimum Gasteiger partial charge on any atom is -0.208 e. The number of nitrogens with zero attached hydrogens (tertiary/aromatic N) is 4. The van der Waals surface area contributed by atoms with Crippen LogP contribution in [0.15, 0.2) is 170 Å². The fourth-order valence-electron chi connectivity index (χ4n) is 8.93. The van der Waals surface area contributed by atoms with Crippen molar-refractivity contribution in [2.45, 2.75) is 24.7 Å². The van der Waals surface area contributed by atoms with Gasteiger partial charge in [-0.3, -0.25) is 0 Å². The summed E-state index contributed by atoms with van der Waals surface area (Å²) in [6.07, 6.45) is 0. The molecule has 7 aromatic carbocycles. The standard InChI is InChI=1S/C50H34N4/c1-49(2)41-19-8-10-21-43(41)50(44-22-11-9-20-42(44)49)40-18-7-6-17-38(40)39-28-27-36(30-45(39)50)33-23-25-35(26-24-33)47-52-46(34-14-4-3-5-15-34)53-48(54-47)37-16-12-13-32(29-37)31-51/h3-30H,1-2H3. The second kappa shape index (κ2) is 12.0.